The summed E-state index contributed by atoms with van der Waals surface area (Å²) in [4.78, 5) is 0. The lowest BCUT2D eigenvalue weighted by Crippen LogP contribution is -2.33. The molecular formula is C13H18ClNS. The van der Waals surface area contributed by atoms with E-state index in [1.165, 1.54) is 17.5 Å². The lowest BCUT2D eigenvalue weighted by Gasteiger charge is -2.33. The molecule has 1 aromatic carbocycles. The molecule has 1 nitrogen and oxygen atoms in total. The van der Waals surface area contributed by atoms with Crippen LogP contribution in [0.1, 0.15) is 37.4 Å². The lowest BCUT2D eigenvalue weighted by atomic mass is 9.96. The Bertz CT molecular complexity index is 367. The van der Waals surface area contributed by atoms with Gasteiger partial charge >= 0.3 is 0 Å². The second kappa shape index (κ2) is 5.44. The van der Waals surface area contributed by atoms with Crippen LogP contribution in [0.3, 0.4) is 0 Å². The first-order chi connectivity index (χ1) is 7.76. The summed E-state index contributed by atoms with van der Waals surface area (Å²) in [5, 5.41) is 5.11. The van der Waals surface area contributed by atoms with E-state index in [0.717, 1.165) is 17.3 Å². The topological polar surface area (TPSA) is 12.0 Å². The number of nitrogens with one attached hydrogen (secondary N) is 1. The molecule has 0 radical (unpaired) electrons. The average Bonchev–Trinajstić information content (AvgIpc) is 2.30. The fourth-order valence-corrected chi connectivity index (χ4v) is 3.80. The van der Waals surface area contributed by atoms with Crippen molar-refractivity contribution in [3.8, 4) is 0 Å². The normalized spacial score (nSPS) is 24.2. The molecule has 0 fully saturated rings. The van der Waals surface area contributed by atoms with E-state index in [1.807, 2.05) is 6.07 Å². The molecule has 3 heteroatoms. The van der Waals surface area contributed by atoms with E-state index in [-0.39, 0.29) is 0 Å². The molecule has 0 saturated heterocycles. The molecule has 88 valence electrons. The summed E-state index contributed by atoms with van der Waals surface area (Å²) in [5.41, 5.74) is 2.84. The molecule has 0 spiro atoms. The zero-order chi connectivity index (χ0) is 11.5. The Morgan fingerprint density at radius 3 is 2.94 bits per heavy atom. The second-order valence-electron chi connectivity index (χ2n) is 4.14. The summed E-state index contributed by atoms with van der Waals surface area (Å²) < 4.78 is 0. The highest BCUT2D eigenvalue weighted by Crippen LogP contribution is 2.39. The van der Waals surface area contributed by atoms with Gasteiger partial charge in [0.2, 0.25) is 0 Å². The second-order valence-corrected chi connectivity index (χ2v) is 5.80. The van der Waals surface area contributed by atoms with Gasteiger partial charge in [0, 0.05) is 22.1 Å². The van der Waals surface area contributed by atoms with Gasteiger partial charge in [-0.2, -0.15) is 11.8 Å². The minimum atomic E-state index is 0.461. The predicted molar refractivity (Wildman–Crippen MR) is 73.2 cm³/mol. The Labute approximate surface area is 107 Å². The van der Waals surface area contributed by atoms with Crippen molar-refractivity contribution in [3.05, 3.63) is 34.3 Å². The van der Waals surface area contributed by atoms with E-state index >= 15 is 0 Å². The van der Waals surface area contributed by atoms with Crippen LogP contribution in [0.5, 0.6) is 0 Å². The Kier molecular flexibility index (Phi) is 4.17. The third-order valence-electron chi connectivity index (χ3n) is 3.09. The zero-order valence-corrected chi connectivity index (χ0v) is 11.4. The molecule has 1 aliphatic heterocycles. The van der Waals surface area contributed by atoms with Crippen LogP contribution in [0.2, 0.25) is 5.02 Å². The first-order valence-electron chi connectivity index (χ1n) is 5.89. The minimum absolute atomic E-state index is 0.461. The fraction of sp³-hybridized carbons (Fsp3) is 0.538. The smallest absolute Gasteiger partial charge is 0.0444 e. The maximum absolute atomic E-state index is 6.10. The van der Waals surface area contributed by atoms with Gasteiger partial charge in [-0.3, -0.25) is 0 Å². The van der Waals surface area contributed by atoms with E-state index in [4.69, 9.17) is 11.6 Å². The number of rotatable bonds is 3. The van der Waals surface area contributed by atoms with E-state index in [9.17, 15) is 0 Å². The number of hydrogen-bond acceptors (Lipinski definition) is 2. The largest absolute Gasteiger partial charge is 0.309 e. The molecule has 0 aliphatic carbocycles. The van der Waals surface area contributed by atoms with E-state index in [1.54, 1.807) is 0 Å². The third kappa shape index (κ3) is 2.39. The van der Waals surface area contributed by atoms with Crippen molar-refractivity contribution in [1.29, 1.82) is 0 Å². The van der Waals surface area contributed by atoms with Gasteiger partial charge in [-0.05, 0) is 36.2 Å². The molecule has 2 unspecified atom stereocenters. The van der Waals surface area contributed by atoms with Crippen molar-refractivity contribution in [3.63, 3.8) is 0 Å². The summed E-state index contributed by atoms with van der Waals surface area (Å²) in [5.74, 6) is 1.12. The maximum Gasteiger partial charge on any atom is 0.0444 e. The molecule has 0 saturated carbocycles. The molecular weight excluding hydrogens is 238 g/mol. The van der Waals surface area contributed by atoms with Crippen molar-refractivity contribution in [1.82, 2.24) is 5.32 Å². The molecule has 0 aromatic heterocycles. The van der Waals surface area contributed by atoms with Crippen molar-refractivity contribution in [2.45, 2.75) is 37.3 Å². The molecule has 16 heavy (non-hydrogen) atoms. The minimum Gasteiger partial charge on any atom is -0.309 e. The van der Waals surface area contributed by atoms with Crippen molar-refractivity contribution in [2.24, 2.45) is 0 Å². The molecule has 1 N–H and O–H groups in total. The standard InChI is InChI=1S/C13H18ClNS/c1-3-12-13(15-4-2)11-7-10(14)6-5-9(11)8-16-12/h5-7,12-13,15H,3-4,8H2,1-2H3. The molecule has 0 amide bonds. The highest BCUT2D eigenvalue weighted by Gasteiger charge is 2.28. The summed E-state index contributed by atoms with van der Waals surface area (Å²) in [7, 11) is 0. The summed E-state index contributed by atoms with van der Waals surface area (Å²) in [6, 6.07) is 6.76. The number of benzene rings is 1. The van der Waals surface area contributed by atoms with Gasteiger partial charge in [-0.25, -0.2) is 0 Å². The van der Waals surface area contributed by atoms with Gasteiger partial charge in [0.25, 0.3) is 0 Å². The average molecular weight is 256 g/mol. The molecule has 1 aromatic rings. The number of halogens is 1. The van der Waals surface area contributed by atoms with E-state index in [0.29, 0.717) is 11.3 Å². The molecule has 2 atom stereocenters. The van der Waals surface area contributed by atoms with Crippen molar-refractivity contribution in [2.75, 3.05) is 6.54 Å². The molecule has 1 aliphatic rings. The first kappa shape index (κ1) is 12.3. The monoisotopic (exact) mass is 255 g/mol. The van der Waals surface area contributed by atoms with E-state index < -0.39 is 0 Å². The van der Waals surface area contributed by atoms with Crippen LogP contribution in [-0.2, 0) is 5.75 Å². The Hall–Kier alpha value is -0.180. The first-order valence-corrected chi connectivity index (χ1v) is 7.32. The fourth-order valence-electron chi connectivity index (χ4n) is 2.29. The Morgan fingerprint density at radius 1 is 1.44 bits per heavy atom. The predicted octanol–water partition coefficient (Wildman–Crippen LogP) is 4.02. The number of hydrogen-bond donors (Lipinski definition) is 1. The van der Waals surface area contributed by atoms with Crippen LogP contribution in [-0.4, -0.2) is 11.8 Å². The highest BCUT2D eigenvalue weighted by molar-refractivity contribution is 7.99. The van der Waals surface area contributed by atoms with Crippen LogP contribution >= 0.6 is 23.4 Å². The highest BCUT2D eigenvalue weighted by atomic mass is 35.5. The third-order valence-corrected chi connectivity index (χ3v) is 4.84. The maximum atomic E-state index is 6.10. The number of thioether (sulfide) groups is 1. The molecule has 2 rings (SSSR count). The Morgan fingerprint density at radius 2 is 2.25 bits per heavy atom. The van der Waals surface area contributed by atoms with Crippen molar-refractivity contribution >= 4 is 23.4 Å². The zero-order valence-electron chi connectivity index (χ0n) is 9.79. The van der Waals surface area contributed by atoms with Gasteiger partial charge in [0.15, 0.2) is 0 Å². The van der Waals surface area contributed by atoms with Gasteiger partial charge in [-0.1, -0.05) is 31.5 Å². The molecule has 1 heterocycles. The van der Waals surface area contributed by atoms with Gasteiger partial charge in [-0.15, -0.1) is 0 Å². The van der Waals surface area contributed by atoms with Gasteiger partial charge in [0.1, 0.15) is 0 Å². The van der Waals surface area contributed by atoms with Crippen LogP contribution in [0.25, 0.3) is 0 Å². The summed E-state index contributed by atoms with van der Waals surface area (Å²) in [6.45, 7) is 5.43. The van der Waals surface area contributed by atoms with Crippen LogP contribution in [0, 0.1) is 0 Å². The van der Waals surface area contributed by atoms with Crippen molar-refractivity contribution < 1.29 is 0 Å². The molecule has 0 bridgehead atoms. The Balaban J connectivity index is 2.35. The van der Waals surface area contributed by atoms with Crippen LogP contribution < -0.4 is 5.32 Å². The number of fused-ring (bicyclic) bond motifs is 1. The van der Waals surface area contributed by atoms with Gasteiger partial charge < -0.3 is 5.32 Å². The van der Waals surface area contributed by atoms with Gasteiger partial charge in [0.05, 0.1) is 0 Å². The lowest BCUT2D eigenvalue weighted by molar-refractivity contribution is 0.514. The van der Waals surface area contributed by atoms with Crippen LogP contribution in [0.4, 0.5) is 0 Å². The van der Waals surface area contributed by atoms with Crippen LogP contribution in [0.15, 0.2) is 18.2 Å². The van der Waals surface area contributed by atoms with E-state index in [2.05, 4.69) is 43.1 Å². The quantitative estimate of drug-likeness (QED) is 0.876. The SMILES string of the molecule is CCNC1c2cc(Cl)ccc2CSC1CC. The summed E-state index contributed by atoms with van der Waals surface area (Å²) in [6.07, 6.45) is 1.20. The summed E-state index contributed by atoms with van der Waals surface area (Å²) >= 11 is 8.15.